The van der Waals surface area contributed by atoms with Gasteiger partial charge in [0.05, 0.1) is 0 Å². The van der Waals surface area contributed by atoms with Crippen molar-refractivity contribution >= 4 is 105 Å². The molecule has 1 N–H and O–H groups in total. The smallest absolute Gasteiger partial charge is 0.258 e. The van der Waals surface area contributed by atoms with Crippen molar-refractivity contribution in [1.29, 1.82) is 0 Å². The zero-order valence-corrected chi connectivity index (χ0v) is 26.0. The Hall–Kier alpha value is -6.40. The molecule has 9 rings (SSSR count). The van der Waals surface area contributed by atoms with Gasteiger partial charge in [-0.15, -0.1) is 0 Å². The first kappa shape index (κ1) is 27.9. The third kappa shape index (κ3) is 3.51. The minimum Gasteiger partial charge on any atom is -0.355 e. The number of para-hydroxylation sites is 1. The molecular weight excluding hydrogens is 596 g/mol. The average Bonchev–Trinajstić information content (AvgIpc) is 3.14. The zero-order chi connectivity index (χ0) is 32.8. The summed E-state index contributed by atoms with van der Waals surface area (Å²) in [4.78, 5) is 53.3. The maximum Gasteiger partial charge on any atom is 0.258 e. The molecule has 228 valence electrons. The second-order valence-corrected chi connectivity index (χ2v) is 12.3. The third-order valence-corrected chi connectivity index (χ3v) is 10.1. The number of carbonyl (C=O) groups excluding carboxylic acids is 4. The molecule has 6 nitrogen and oxygen atoms in total. The largest absolute Gasteiger partial charge is 0.355 e. The summed E-state index contributed by atoms with van der Waals surface area (Å²) < 4.78 is 0. The lowest BCUT2D eigenvalue weighted by Crippen LogP contribution is -2.26. The van der Waals surface area contributed by atoms with Crippen molar-refractivity contribution in [3.05, 3.63) is 125 Å². The third-order valence-electron chi connectivity index (χ3n) is 10.1. The van der Waals surface area contributed by atoms with Crippen LogP contribution in [0.2, 0.25) is 0 Å². The molecule has 0 radical (unpaired) electrons. The summed E-state index contributed by atoms with van der Waals surface area (Å²) >= 11 is 0. The number of hydrogen-bond donors (Lipinski definition) is 1. The Balaban J connectivity index is 1.42. The van der Waals surface area contributed by atoms with E-state index in [1.165, 1.54) is 0 Å². The number of hydrogen-bond acceptors (Lipinski definition) is 4. The van der Waals surface area contributed by atoms with Crippen LogP contribution in [0.5, 0.6) is 0 Å². The van der Waals surface area contributed by atoms with E-state index in [0.717, 1.165) is 82.9 Å². The predicted molar refractivity (Wildman–Crippen MR) is 195 cm³/mol. The Morgan fingerprint density at radius 1 is 0.500 bits per heavy atom. The van der Waals surface area contributed by atoms with E-state index in [1.54, 1.807) is 31.1 Å². The number of aldehydes is 2. The topological polar surface area (TPSA) is 83.6 Å². The fraction of sp³-hybridized carbons (Fsp3) is 0.0476. The van der Waals surface area contributed by atoms with Gasteiger partial charge in [-0.25, -0.2) is 0 Å². The summed E-state index contributed by atoms with van der Waals surface area (Å²) in [6.07, 6.45) is 1.64. The molecule has 9 aromatic rings. The average molecular weight is 623 g/mol. The van der Waals surface area contributed by atoms with Crippen LogP contribution in [0.15, 0.2) is 103 Å². The highest BCUT2D eigenvalue weighted by Gasteiger charge is 2.25. The SMILES string of the molecule is CNC(=O)c1ccc2c3ccc4c5ccc(C(=O)N(C)c6ccccc6)c6c(C=O)ccc(c7ccc(c8ccc(C=O)c1c82)c3c74)c65. The fourth-order valence-electron chi connectivity index (χ4n) is 7.98. The number of anilines is 1. The summed E-state index contributed by atoms with van der Waals surface area (Å²) in [7, 11) is 3.34. The number of benzene rings is 9. The van der Waals surface area contributed by atoms with Crippen molar-refractivity contribution < 1.29 is 19.2 Å². The van der Waals surface area contributed by atoms with Gasteiger partial charge in [0.1, 0.15) is 0 Å². The van der Waals surface area contributed by atoms with Crippen molar-refractivity contribution in [2.45, 2.75) is 0 Å². The van der Waals surface area contributed by atoms with Gasteiger partial charge in [0.15, 0.2) is 12.6 Å². The molecule has 9 aromatic carbocycles. The van der Waals surface area contributed by atoms with Gasteiger partial charge >= 0.3 is 0 Å². The maximum absolute atomic E-state index is 14.0. The zero-order valence-electron chi connectivity index (χ0n) is 26.0. The molecule has 0 saturated heterocycles. The van der Waals surface area contributed by atoms with Crippen LogP contribution in [0.25, 0.3) is 75.4 Å². The van der Waals surface area contributed by atoms with Crippen LogP contribution < -0.4 is 10.2 Å². The van der Waals surface area contributed by atoms with Gasteiger partial charge in [0, 0.05) is 52.8 Å². The molecule has 0 atom stereocenters. The fourth-order valence-corrected chi connectivity index (χ4v) is 7.98. The summed E-state index contributed by atoms with van der Waals surface area (Å²) in [6, 6.07) is 33.1. The second-order valence-electron chi connectivity index (χ2n) is 12.3. The molecule has 0 aliphatic carbocycles. The lowest BCUT2D eigenvalue weighted by molar-refractivity contribution is 0.0962. The lowest BCUT2D eigenvalue weighted by atomic mass is 9.82. The molecule has 0 aliphatic heterocycles. The van der Waals surface area contributed by atoms with Gasteiger partial charge < -0.3 is 10.2 Å². The number of amides is 2. The van der Waals surface area contributed by atoms with Gasteiger partial charge in [-0.05, 0) is 88.9 Å². The van der Waals surface area contributed by atoms with Crippen LogP contribution in [0.3, 0.4) is 0 Å². The monoisotopic (exact) mass is 622 g/mol. The number of nitrogens with one attached hydrogen (secondary N) is 1. The Kier molecular flexibility index (Phi) is 5.83. The summed E-state index contributed by atoms with van der Waals surface area (Å²) in [5, 5.41) is 15.9. The first-order valence-corrected chi connectivity index (χ1v) is 15.7. The van der Waals surface area contributed by atoms with Gasteiger partial charge in [0.25, 0.3) is 11.8 Å². The van der Waals surface area contributed by atoms with E-state index in [2.05, 4.69) is 29.6 Å². The molecule has 0 aliphatic rings. The number of carbonyl (C=O) groups is 4. The number of nitrogens with zero attached hydrogens (tertiary/aromatic N) is 1. The minimum absolute atomic E-state index is 0.195. The molecule has 48 heavy (non-hydrogen) atoms. The Morgan fingerprint density at radius 2 is 0.875 bits per heavy atom. The molecule has 0 aromatic heterocycles. The Morgan fingerprint density at radius 3 is 1.31 bits per heavy atom. The molecule has 6 heteroatoms. The van der Waals surface area contributed by atoms with Crippen molar-refractivity contribution in [2.75, 3.05) is 19.0 Å². The summed E-state index contributed by atoms with van der Waals surface area (Å²) in [6.45, 7) is 0. The molecule has 0 spiro atoms. The van der Waals surface area contributed by atoms with Crippen LogP contribution in [0, 0.1) is 0 Å². The normalized spacial score (nSPS) is 11.9. The highest BCUT2D eigenvalue weighted by atomic mass is 16.2. The van der Waals surface area contributed by atoms with Gasteiger partial charge in [0.2, 0.25) is 0 Å². The van der Waals surface area contributed by atoms with Crippen LogP contribution in [0.1, 0.15) is 41.4 Å². The van der Waals surface area contributed by atoms with E-state index in [1.807, 2.05) is 66.7 Å². The standard InChI is InChI=1S/C42H26N2O4/c1-43-41(47)33-18-16-27-31-14-15-32-28-17-19-34(42(48)44(2)24-6-4-3-5-7-24)36-23(21-46)9-11-26(38(28)36)30-13-12-29(39(31)40(30)32)25-10-8-22(20-45)35(33)37(25)27/h3-21H,1-2H3,(H,43,47). The quantitative estimate of drug-likeness (QED) is 0.118. The van der Waals surface area contributed by atoms with Crippen LogP contribution in [-0.4, -0.2) is 38.5 Å². The minimum atomic E-state index is -0.245. The molecule has 0 unspecified atom stereocenters. The molecule has 0 saturated carbocycles. The highest BCUT2D eigenvalue weighted by molar-refractivity contribution is 6.44. The second kappa shape index (κ2) is 10.0. The van der Waals surface area contributed by atoms with Gasteiger partial charge in [-0.2, -0.15) is 0 Å². The Labute approximate surface area is 273 Å². The van der Waals surface area contributed by atoms with Crippen LogP contribution >= 0.6 is 0 Å². The number of fused-ring (bicyclic) bond motifs is 4. The van der Waals surface area contributed by atoms with E-state index >= 15 is 0 Å². The highest BCUT2D eigenvalue weighted by Crippen LogP contribution is 2.48. The van der Waals surface area contributed by atoms with E-state index in [4.69, 9.17) is 0 Å². The van der Waals surface area contributed by atoms with Crippen molar-refractivity contribution in [3.8, 4) is 0 Å². The van der Waals surface area contributed by atoms with Crippen LogP contribution in [-0.2, 0) is 0 Å². The number of rotatable bonds is 5. The van der Waals surface area contributed by atoms with Gasteiger partial charge in [-0.3, -0.25) is 19.2 Å². The lowest BCUT2D eigenvalue weighted by Gasteiger charge is -2.22. The summed E-state index contributed by atoms with van der Waals surface area (Å²) in [5.41, 5.74) is 2.63. The van der Waals surface area contributed by atoms with Gasteiger partial charge in [-0.1, -0.05) is 78.9 Å². The van der Waals surface area contributed by atoms with Crippen molar-refractivity contribution in [1.82, 2.24) is 5.32 Å². The molecule has 0 fully saturated rings. The van der Waals surface area contributed by atoms with E-state index in [0.29, 0.717) is 33.0 Å². The molecule has 0 bridgehead atoms. The van der Waals surface area contributed by atoms with Crippen molar-refractivity contribution in [3.63, 3.8) is 0 Å². The van der Waals surface area contributed by atoms with E-state index in [9.17, 15) is 19.2 Å². The molecular formula is C42H26N2O4. The molecule has 0 heterocycles. The predicted octanol–water partition coefficient (Wildman–Crippen LogP) is 8.90. The summed E-state index contributed by atoms with van der Waals surface area (Å²) in [5.74, 6) is -0.440. The first-order valence-electron chi connectivity index (χ1n) is 15.7. The van der Waals surface area contributed by atoms with E-state index in [-0.39, 0.29) is 11.8 Å². The Bertz CT molecular complexity index is 2790. The molecule has 2 amide bonds. The van der Waals surface area contributed by atoms with Crippen LogP contribution in [0.4, 0.5) is 5.69 Å². The van der Waals surface area contributed by atoms with Crippen molar-refractivity contribution in [2.24, 2.45) is 0 Å². The van der Waals surface area contributed by atoms with E-state index < -0.39 is 0 Å². The first-order chi connectivity index (χ1) is 23.5. The maximum atomic E-state index is 14.0.